The Morgan fingerprint density at radius 3 is 2.81 bits per heavy atom. The zero-order chi connectivity index (χ0) is 12.1. The van der Waals surface area contributed by atoms with Crippen molar-refractivity contribution in [1.29, 1.82) is 5.26 Å². The molecule has 0 saturated heterocycles. The topological polar surface area (TPSA) is 69.9 Å². The van der Waals surface area contributed by atoms with E-state index in [1.54, 1.807) is 0 Å². The van der Waals surface area contributed by atoms with Crippen molar-refractivity contribution in [1.82, 2.24) is 14.9 Å². The lowest BCUT2D eigenvalue weighted by Crippen LogP contribution is -2.37. The molecule has 5 nitrogen and oxygen atoms in total. The smallest absolute Gasteiger partial charge is 0.275 e. The van der Waals surface area contributed by atoms with E-state index in [2.05, 4.69) is 9.97 Å². The van der Waals surface area contributed by atoms with Crippen LogP contribution in [-0.4, -0.2) is 33.4 Å². The van der Waals surface area contributed by atoms with Crippen LogP contribution in [0.3, 0.4) is 0 Å². The van der Waals surface area contributed by atoms with Gasteiger partial charge in [-0.1, -0.05) is 11.6 Å². The summed E-state index contributed by atoms with van der Waals surface area (Å²) in [5.41, 5.74) is 0.149. The molecule has 0 N–H and O–H groups in total. The van der Waals surface area contributed by atoms with Crippen molar-refractivity contribution in [2.45, 2.75) is 19.9 Å². The number of amides is 1. The third kappa shape index (κ3) is 2.91. The molecular formula is C10H11ClN4O. The van der Waals surface area contributed by atoms with E-state index in [4.69, 9.17) is 16.9 Å². The number of rotatable bonds is 3. The summed E-state index contributed by atoms with van der Waals surface area (Å²) >= 11 is 5.64. The first kappa shape index (κ1) is 12.4. The van der Waals surface area contributed by atoms with Crippen LogP contribution in [0, 0.1) is 11.3 Å². The van der Waals surface area contributed by atoms with Crippen molar-refractivity contribution in [3.63, 3.8) is 0 Å². The Bertz CT molecular complexity index is 427. The van der Waals surface area contributed by atoms with E-state index in [9.17, 15) is 4.79 Å². The fourth-order valence-corrected chi connectivity index (χ4v) is 1.30. The summed E-state index contributed by atoms with van der Waals surface area (Å²) in [5, 5.41) is 8.79. The van der Waals surface area contributed by atoms with Crippen LogP contribution in [0.25, 0.3) is 0 Å². The maximum atomic E-state index is 11.9. The standard InChI is InChI=1S/C10H11ClN4O/c1-7(2)15(4-3-12)10(16)8-5-13-6-9(11)14-8/h5-7H,4H2,1-2H3. The van der Waals surface area contributed by atoms with E-state index in [1.807, 2.05) is 19.9 Å². The van der Waals surface area contributed by atoms with Gasteiger partial charge >= 0.3 is 0 Å². The van der Waals surface area contributed by atoms with Gasteiger partial charge in [-0.05, 0) is 13.8 Å². The molecule has 0 aliphatic heterocycles. The van der Waals surface area contributed by atoms with Crippen molar-refractivity contribution in [3.8, 4) is 6.07 Å². The summed E-state index contributed by atoms with van der Waals surface area (Å²) in [5.74, 6) is -0.341. The Morgan fingerprint density at radius 2 is 2.31 bits per heavy atom. The molecule has 0 spiro atoms. The van der Waals surface area contributed by atoms with Gasteiger partial charge in [0.15, 0.2) is 0 Å². The molecule has 0 bridgehead atoms. The van der Waals surface area contributed by atoms with Crippen LogP contribution in [0.4, 0.5) is 0 Å². The third-order valence-electron chi connectivity index (χ3n) is 1.95. The highest BCUT2D eigenvalue weighted by Gasteiger charge is 2.19. The summed E-state index contributed by atoms with van der Waals surface area (Å²) in [6, 6.07) is 1.86. The van der Waals surface area contributed by atoms with Gasteiger partial charge in [0.2, 0.25) is 0 Å². The number of hydrogen-bond donors (Lipinski definition) is 0. The summed E-state index contributed by atoms with van der Waals surface area (Å²) in [4.78, 5) is 21.0. The number of halogens is 1. The number of carbonyl (C=O) groups is 1. The number of hydrogen-bond acceptors (Lipinski definition) is 4. The molecule has 1 rings (SSSR count). The van der Waals surface area contributed by atoms with E-state index in [1.165, 1.54) is 17.3 Å². The molecule has 0 saturated carbocycles. The van der Waals surface area contributed by atoms with Crippen LogP contribution in [-0.2, 0) is 0 Å². The molecule has 1 amide bonds. The van der Waals surface area contributed by atoms with Crippen molar-refractivity contribution in [2.24, 2.45) is 0 Å². The predicted octanol–water partition coefficient (Wildman–Crippen LogP) is 1.50. The maximum absolute atomic E-state index is 11.9. The zero-order valence-corrected chi connectivity index (χ0v) is 9.77. The highest BCUT2D eigenvalue weighted by Crippen LogP contribution is 2.08. The molecule has 1 aromatic heterocycles. The van der Waals surface area contributed by atoms with Crippen LogP contribution in [0.1, 0.15) is 24.3 Å². The minimum atomic E-state index is -0.341. The lowest BCUT2D eigenvalue weighted by atomic mass is 10.3. The fraction of sp³-hybridized carbons (Fsp3) is 0.400. The first-order valence-electron chi connectivity index (χ1n) is 4.71. The van der Waals surface area contributed by atoms with Gasteiger partial charge in [-0.25, -0.2) is 4.98 Å². The molecule has 0 aliphatic rings. The van der Waals surface area contributed by atoms with Crippen molar-refractivity contribution in [2.75, 3.05) is 6.54 Å². The third-order valence-corrected chi connectivity index (χ3v) is 2.13. The van der Waals surface area contributed by atoms with Gasteiger partial charge in [0.1, 0.15) is 17.4 Å². The lowest BCUT2D eigenvalue weighted by molar-refractivity contribution is 0.0725. The van der Waals surface area contributed by atoms with Gasteiger partial charge in [-0.3, -0.25) is 9.78 Å². The van der Waals surface area contributed by atoms with Crippen LogP contribution < -0.4 is 0 Å². The Hall–Kier alpha value is -1.67. The largest absolute Gasteiger partial charge is 0.322 e. The fourth-order valence-electron chi connectivity index (χ4n) is 1.16. The first-order valence-corrected chi connectivity index (χ1v) is 5.09. The van der Waals surface area contributed by atoms with E-state index < -0.39 is 0 Å². The molecular weight excluding hydrogens is 228 g/mol. The van der Waals surface area contributed by atoms with Crippen molar-refractivity contribution >= 4 is 17.5 Å². The number of aromatic nitrogens is 2. The number of carbonyl (C=O) groups excluding carboxylic acids is 1. The average molecular weight is 239 g/mol. The molecule has 0 radical (unpaired) electrons. The van der Waals surface area contributed by atoms with Crippen molar-refractivity contribution < 1.29 is 4.79 Å². The SMILES string of the molecule is CC(C)N(CC#N)C(=O)c1cncc(Cl)n1. The summed E-state index contributed by atoms with van der Waals surface area (Å²) in [6.07, 6.45) is 2.68. The lowest BCUT2D eigenvalue weighted by Gasteiger charge is -2.23. The number of nitrogens with zero attached hydrogens (tertiary/aromatic N) is 4. The quantitative estimate of drug-likeness (QED) is 0.749. The van der Waals surface area contributed by atoms with E-state index in [0.717, 1.165) is 0 Å². The van der Waals surface area contributed by atoms with Crippen LogP contribution in [0.15, 0.2) is 12.4 Å². The number of nitriles is 1. The molecule has 0 aromatic carbocycles. The second kappa shape index (κ2) is 5.42. The second-order valence-corrected chi connectivity index (χ2v) is 3.80. The van der Waals surface area contributed by atoms with Gasteiger partial charge in [-0.15, -0.1) is 0 Å². The normalized spacial score (nSPS) is 9.94. The minimum Gasteiger partial charge on any atom is -0.322 e. The van der Waals surface area contributed by atoms with Gasteiger partial charge in [-0.2, -0.15) is 5.26 Å². The summed E-state index contributed by atoms with van der Waals surface area (Å²) in [6.45, 7) is 3.67. The van der Waals surface area contributed by atoms with E-state index in [0.29, 0.717) is 0 Å². The Morgan fingerprint density at radius 1 is 1.62 bits per heavy atom. The molecule has 84 valence electrons. The second-order valence-electron chi connectivity index (χ2n) is 3.41. The molecule has 0 atom stereocenters. The molecule has 16 heavy (non-hydrogen) atoms. The minimum absolute atomic E-state index is 0.0185. The molecule has 0 aliphatic carbocycles. The highest BCUT2D eigenvalue weighted by molar-refractivity contribution is 6.29. The first-order chi connectivity index (χ1) is 7.56. The Balaban J connectivity index is 2.95. The molecule has 0 fully saturated rings. The van der Waals surface area contributed by atoms with Gasteiger partial charge in [0, 0.05) is 6.04 Å². The molecule has 6 heteroatoms. The molecule has 0 unspecified atom stereocenters. The summed E-state index contributed by atoms with van der Waals surface area (Å²) in [7, 11) is 0. The van der Waals surface area contributed by atoms with Gasteiger partial charge in [0.05, 0.1) is 18.5 Å². The molecule has 1 heterocycles. The average Bonchev–Trinajstić information content (AvgIpc) is 2.24. The predicted molar refractivity (Wildman–Crippen MR) is 58.8 cm³/mol. The Labute approximate surface area is 98.7 Å². The van der Waals surface area contributed by atoms with E-state index in [-0.39, 0.29) is 29.3 Å². The monoisotopic (exact) mass is 238 g/mol. The van der Waals surface area contributed by atoms with Gasteiger partial charge in [0.25, 0.3) is 5.91 Å². The van der Waals surface area contributed by atoms with Crippen LogP contribution in [0.2, 0.25) is 5.15 Å². The van der Waals surface area contributed by atoms with Crippen LogP contribution in [0.5, 0.6) is 0 Å². The van der Waals surface area contributed by atoms with Crippen molar-refractivity contribution in [3.05, 3.63) is 23.2 Å². The van der Waals surface area contributed by atoms with Crippen LogP contribution >= 0.6 is 11.6 Å². The Kier molecular flexibility index (Phi) is 4.20. The highest BCUT2D eigenvalue weighted by atomic mass is 35.5. The zero-order valence-electron chi connectivity index (χ0n) is 9.01. The molecule has 1 aromatic rings. The maximum Gasteiger partial charge on any atom is 0.275 e. The summed E-state index contributed by atoms with van der Waals surface area (Å²) < 4.78 is 0. The van der Waals surface area contributed by atoms with Gasteiger partial charge < -0.3 is 4.90 Å². The van der Waals surface area contributed by atoms with E-state index >= 15 is 0 Å².